The molecule has 0 radical (unpaired) electrons. The summed E-state index contributed by atoms with van der Waals surface area (Å²) in [5, 5.41) is 42.0. The van der Waals surface area contributed by atoms with Gasteiger partial charge in [0.25, 0.3) is 0 Å². The number of allylic oxidation sites excluding steroid dienone is 1. The Kier molecular flexibility index (Phi) is 10.2. The van der Waals surface area contributed by atoms with Gasteiger partial charge in [-0.1, -0.05) is 24.3 Å². The highest BCUT2D eigenvalue weighted by atomic mass is 16.6. The highest BCUT2D eigenvalue weighted by Crippen LogP contribution is 2.51. The Bertz CT molecular complexity index is 2220. The summed E-state index contributed by atoms with van der Waals surface area (Å²) in [5.74, 6) is -1.05. The van der Waals surface area contributed by atoms with Gasteiger partial charge in [0.2, 0.25) is 0 Å². The van der Waals surface area contributed by atoms with Gasteiger partial charge in [-0.3, -0.25) is 4.79 Å². The van der Waals surface area contributed by atoms with Gasteiger partial charge in [-0.15, -0.1) is 0 Å². The van der Waals surface area contributed by atoms with Crippen molar-refractivity contribution in [3.63, 3.8) is 0 Å². The number of phenolic OH excluding ortho intramolecular Hbond substituents is 2. The summed E-state index contributed by atoms with van der Waals surface area (Å²) < 4.78 is 19.2. The molecule has 0 fully saturated rings. The molecule has 0 saturated carbocycles. The summed E-state index contributed by atoms with van der Waals surface area (Å²) in [6.45, 7) is 2.25. The molecule has 0 saturated heterocycles. The fraction of sp³-hybridized carbons (Fsp3) is 0.282. The molecule has 0 unspecified atom stereocenters. The van der Waals surface area contributed by atoms with Crippen molar-refractivity contribution in [2.24, 2.45) is 0 Å². The van der Waals surface area contributed by atoms with Crippen LogP contribution in [0.5, 0.6) is 17.2 Å². The second kappa shape index (κ2) is 14.7. The highest BCUT2D eigenvalue weighted by Gasteiger charge is 2.47. The zero-order valence-electron chi connectivity index (χ0n) is 28.7. The van der Waals surface area contributed by atoms with Crippen molar-refractivity contribution in [1.29, 1.82) is 0 Å². The first-order valence-electron chi connectivity index (χ1n) is 16.8. The first-order chi connectivity index (χ1) is 24.9. The molecule has 3 atom stereocenters. The number of nitrogens with zero attached hydrogens (tertiary/aromatic N) is 2. The lowest BCUT2D eigenvalue weighted by atomic mass is 9.79. The van der Waals surface area contributed by atoms with Crippen molar-refractivity contribution >= 4 is 28.6 Å². The number of aliphatic hydroxyl groups excluding tert-OH is 2. The molecule has 2 aromatic carbocycles. The summed E-state index contributed by atoms with van der Waals surface area (Å²) in [7, 11) is 0. The van der Waals surface area contributed by atoms with Crippen LogP contribution in [0.2, 0.25) is 0 Å². The van der Waals surface area contributed by atoms with Crippen molar-refractivity contribution in [2.75, 3.05) is 18.1 Å². The molecule has 13 heteroatoms. The van der Waals surface area contributed by atoms with Crippen molar-refractivity contribution < 1.29 is 39.1 Å². The molecule has 0 aliphatic carbocycles. The van der Waals surface area contributed by atoms with Crippen LogP contribution in [0.1, 0.15) is 59.8 Å². The van der Waals surface area contributed by atoms with Crippen molar-refractivity contribution in [3.05, 3.63) is 122 Å². The number of hydrogen-bond donors (Lipinski definition) is 6. The third kappa shape index (κ3) is 7.13. The van der Waals surface area contributed by atoms with Crippen LogP contribution in [0, 0.1) is 0 Å². The highest BCUT2D eigenvalue weighted by molar-refractivity contribution is 5.92. The van der Waals surface area contributed by atoms with Gasteiger partial charge in [0.05, 0.1) is 12.2 Å². The number of rotatable bonds is 11. The van der Waals surface area contributed by atoms with E-state index in [1.807, 2.05) is 12.1 Å². The Morgan fingerprint density at radius 1 is 1.08 bits per heavy atom. The molecule has 0 spiro atoms. The number of ether oxygens (including phenoxy) is 2. The number of fused-ring (bicyclic) bond motifs is 2. The van der Waals surface area contributed by atoms with E-state index in [1.165, 1.54) is 6.08 Å². The van der Waals surface area contributed by atoms with E-state index in [-0.39, 0.29) is 58.0 Å². The predicted octanol–water partition coefficient (Wildman–Crippen LogP) is 4.20. The monoisotopic (exact) mass is 708 g/mol. The van der Waals surface area contributed by atoms with Crippen LogP contribution in [0.4, 0.5) is 11.6 Å². The number of carbonyl (C=O) groups is 1. The first-order valence-corrected chi connectivity index (χ1v) is 16.8. The molecule has 5 aromatic rings. The third-order valence-electron chi connectivity index (χ3n) is 9.54. The topological polar surface area (TPSA) is 224 Å². The number of hydrogen-bond acceptors (Lipinski definition) is 13. The number of esters is 1. The van der Waals surface area contributed by atoms with E-state index < -0.39 is 48.0 Å². The number of pyridine rings is 2. The van der Waals surface area contributed by atoms with E-state index in [0.717, 1.165) is 17.2 Å². The van der Waals surface area contributed by atoms with Gasteiger partial charge in [-0.05, 0) is 80.1 Å². The smallest absolute Gasteiger partial charge is 0.336 e. The molecule has 13 nitrogen and oxygen atoms in total. The number of anilines is 2. The molecule has 0 amide bonds. The Hall–Kier alpha value is -5.92. The Labute approximate surface area is 298 Å². The van der Waals surface area contributed by atoms with Crippen LogP contribution in [0.3, 0.4) is 0 Å². The quantitative estimate of drug-likeness (QED) is 0.0837. The number of aromatic hydroxyl groups is 2. The largest absolute Gasteiger partial charge is 0.508 e. The van der Waals surface area contributed by atoms with Crippen LogP contribution < -0.4 is 21.6 Å². The molecule has 0 bridgehead atoms. The average molecular weight is 709 g/mol. The van der Waals surface area contributed by atoms with Gasteiger partial charge >= 0.3 is 5.97 Å². The lowest BCUT2D eigenvalue weighted by Gasteiger charge is -2.43. The Morgan fingerprint density at radius 2 is 1.88 bits per heavy atom. The summed E-state index contributed by atoms with van der Waals surface area (Å²) in [6, 6.07) is 14.8. The van der Waals surface area contributed by atoms with Crippen molar-refractivity contribution in [2.45, 2.75) is 63.8 Å². The standard InChI is InChI=1S/C39H40N4O9/c1-3-23(19-44)38(49)51-30-17-28-35(48)34-29(47)16-26(20-45)50-37(34)33(36(28)52-39(30,2)11-9-21-7-8-31(40)43-18-21)27(24-10-12-42-32(41)15-24)14-22-5-4-6-25(46)13-22/h3-8,10,12-13,15-16,18,27,30,44-46,48H,9,11,14,17,19-20H2,1-2H3,(H2,40,43)(H2,41,42)/b23-3-/t27-,30-,39+/m1/s1. The minimum atomic E-state index is -1.26. The fourth-order valence-electron chi connectivity index (χ4n) is 6.70. The van der Waals surface area contributed by atoms with Gasteiger partial charge in [-0.2, -0.15) is 0 Å². The first kappa shape index (κ1) is 35.9. The normalized spacial score (nSPS) is 17.7. The minimum absolute atomic E-state index is 0.00894. The van der Waals surface area contributed by atoms with E-state index in [9.17, 15) is 30.0 Å². The van der Waals surface area contributed by atoms with Crippen LogP contribution in [-0.2, 0) is 35.4 Å². The lowest BCUT2D eigenvalue weighted by molar-refractivity contribution is -0.159. The molecule has 4 heterocycles. The van der Waals surface area contributed by atoms with Crippen LogP contribution in [0.25, 0.3) is 11.0 Å². The lowest BCUT2D eigenvalue weighted by Crippen LogP contribution is -2.52. The fourth-order valence-corrected chi connectivity index (χ4v) is 6.70. The summed E-state index contributed by atoms with van der Waals surface area (Å²) in [5.41, 5.74) is 13.0. The Balaban J connectivity index is 1.61. The maximum atomic E-state index is 13.7. The Morgan fingerprint density at radius 3 is 2.56 bits per heavy atom. The van der Waals surface area contributed by atoms with Gasteiger partial charge in [-0.25, -0.2) is 14.8 Å². The molecule has 1 aliphatic rings. The number of nitrogen functional groups attached to an aromatic ring is 2. The van der Waals surface area contributed by atoms with Gasteiger partial charge in [0.15, 0.2) is 5.43 Å². The van der Waals surface area contributed by atoms with Crippen LogP contribution in [-0.4, -0.2) is 54.7 Å². The average Bonchev–Trinajstić information content (AvgIpc) is 3.12. The molecule has 52 heavy (non-hydrogen) atoms. The summed E-state index contributed by atoms with van der Waals surface area (Å²) in [4.78, 5) is 35.4. The van der Waals surface area contributed by atoms with Crippen molar-refractivity contribution in [1.82, 2.24) is 9.97 Å². The van der Waals surface area contributed by atoms with Gasteiger partial charge in [0.1, 0.15) is 63.9 Å². The van der Waals surface area contributed by atoms with Gasteiger partial charge < -0.3 is 45.8 Å². The molecule has 3 aromatic heterocycles. The van der Waals surface area contributed by atoms with E-state index in [4.69, 9.17) is 25.4 Å². The molecule has 6 rings (SSSR count). The maximum absolute atomic E-state index is 13.7. The van der Waals surface area contributed by atoms with E-state index in [0.29, 0.717) is 29.8 Å². The number of benzene rings is 2. The number of carbonyl (C=O) groups excluding carboxylic acids is 1. The number of aryl methyl sites for hydroxylation is 1. The maximum Gasteiger partial charge on any atom is 0.336 e. The summed E-state index contributed by atoms with van der Waals surface area (Å²) in [6.07, 6.45) is 4.53. The molecule has 1 aliphatic heterocycles. The second-order valence-electron chi connectivity index (χ2n) is 13.0. The molecule has 8 N–H and O–H groups in total. The van der Waals surface area contributed by atoms with Crippen LogP contribution >= 0.6 is 0 Å². The van der Waals surface area contributed by atoms with Crippen LogP contribution in [0.15, 0.2) is 87.9 Å². The zero-order chi connectivity index (χ0) is 37.2. The third-order valence-corrected chi connectivity index (χ3v) is 9.54. The van der Waals surface area contributed by atoms with E-state index in [1.54, 1.807) is 62.6 Å². The number of aliphatic hydroxyl groups is 2. The summed E-state index contributed by atoms with van der Waals surface area (Å²) >= 11 is 0. The molecule has 270 valence electrons. The number of aromatic nitrogens is 2. The minimum Gasteiger partial charge on any atom is -0.508 e. The zero-order valence-corrected chi connectivity index (χ0v) is 28.7. The SMILES string of the molecule is C/C=C(/CO)C(=O)O[C@@H]1Cc2c(c([C@H](Cc3cccc(O)c3)c3ccnc(N)c3)c3oc(CO)cc(=O)c3c2O)O[C@@]1(C)CCc1ccc(N)nc1. The second-order valence-corrected chi connectivity index (χ2v) is 13.0. The van der Waals surface area contributed by atoms with Crippen molar-refractivity contribution in [3.8, 4) is 17.2 Å². The number of nitrogens with two attached hydrogens (primary N) is 2. The predicted molar refractivity (Wildman–Crippen MR) is 193 cm³/mol. The molecular formula is C39H40N4O9. The molecular weight excluding hydrogens is 668 g/mol. The number of phenols is 2. The van der Waals surface area contributed by atoms with E-state index in [2.05, 4.69) is 9.97 Å². The van der Waals surface area contributed by atoms with Gasteiger partial charge in [0, 0.05) is 41.9 Å². The van der Waals surface area contributed by atoms with E-state index >= 15 is 0 Å².